The highest BCUT2D eigenvalue weighted by Crippen LogP contribution is 2.31. The molecule has 0 aliphatic carbocycles. The molecule has 0 fully saturated rings. The summed E-state index contributed by atoms with van der Waals surface area (Å²) in [7, 11) is 0. The van der Waals surface area contributed by atoms with Crippen molar-refractivity contribution in [3.05, 3.63) is 75.5 Å². The number of hydrogen-bond donors (Lipinski definition) is 1. The lowest BCUT2D eigenvalue weighted by Gasteiger charge is -2.07. The van der Waals surface area contributed by atoms with E-state index in [1.807, 2.05) is 37.3 Å². The molecule has 0 aromatic heterocycles. The summed E-state index contributed by atoms with van der Waals surface area (Å²) in [6, 6.07) is 14.9. The van der Waals surface area contributed by atoms with Crippen LogP contribution < -0.4 is 5.32 Å². The van der Waals surface area contributed by atoms with E-state index in [-0.39, 0.29) is 15.6 Å². The molecule has 0 saturated carbocycles. The molecule has 0 spiro atoms. The molecule has 2 rings (SSSR count). The van der Waals surface area contributed by atoms with Gasteiger partial charge in [0.15, 0.2) is 0 Å². The highest BCUT2D eigenvalue weighted by atomic mass is 35.5. The van der Waals surface area contributed by atoms with Crippen LogP contribution in [0.5, 0.6) is 0 Å². The number of hydrogen-bond acceptors (Lipinski definition) is 3. The fraction of sp³-hybridized carbons (Fsp3) is 0.0588. The number of benzene rings is 2. The van der Waals surface area contributed by atoms with E-state index in [1.165, 1.54) is 24.3 Å². The number of nitrogens with zero attached hydrogens (tertiary/aromatic N) is 1. The number of amides is 1. The molecule has 2 aromatic rings. The minimum absolute atomic E-state index is 0.112. The Morgan fingerprint density at radius 3 is 2.48 bits per heavy atom. The summed E-state index contributed by atoms with van der Waals surface area (Å²) >= 11 is 7.24. The Morgan fingerprint density at radius 2 is 1.87 bits per heavy atom. The predicted octanol–water partition coefficient (Wildman–Crippen LogP) is 4.59. The van der Waals surface area contributed by atoms with Crippen LogP contribution in [0.3, 0.4) is 0 Å². The number of allylic oxidation sites excluding steroid dienone is 1. The van der Waals surface area contributed by atoms with Crippen molar-refractivity contribution in [3.8, 4) is 6.07 Å². The molecule has 0 unspecified atom stereocenters. The Bertz CT molecular complexity index is 797. The number of nitrogens with one attached hydrogen (secondary N) is 1. The van der Waals surface area contributed by atoms with Gasteiger partial charge >= 0.3 is 0 Å². The van der Waals surface area contributed by atoms with Crippen LogP contribution in [0.15, 0.2) is 63.5 Å². The molecule has 0 bridgehead atoms. The van der Waals surface area contributed by atoms with E-state index in [4.69, 9.17) is 16.9 Å². The van der Waals surface area contributed by atoms with E-state index >= 15 is 0 Å². The van der Waals surface area contributed by atoms with Gasteiger partial charge in [0.2, 0.25) is 0 Å². The van der Waals surface area contributed by atoms with Gasteiger partial charge in [-0.15, -0.1) is 0 Å². The Labute approximate surface area is 142 Å². The normalized spacial score (nSPS) is 11.4. The molecule has 116 valence electrons. The van der Waals surface area contributed by atoms with Gasteiger partial charge in [-0.05, 0) is 31.2 Å². The van der Waals surface area contributed by atoms with Crippen LogP contribution in [0.4, 0.5) is 4.39 Å². The number of rotatable bonds is 4. The molecule has 0 atom stereocenters. The van der Waals surface area contributed by atoms with Crippen LogP contribution in [-0.4, -0.2) is 5.91 Å². The molecule has 0 heterocycles. The van der Waals surface area contributed by atoms with Gasteiger partial charge in [0, 0.05) is 4.90 Å². The maximum absolute atomic E-state index is 13.6. The maximum atomic E-state index is 13.6. The van der Waals surface area contributed by atoms with Crippen LogP contribution in [-0.2, 0) is 0 Å². The lowest BCUT2D eigenvalue weighted by Crippen LogP contribution is -2.23. The molecule has 1 amide bonds. The van der Waals surface area contributed by atoms with Gasteiger partial charge in [-0.1, -0.05) is 53.2 Å². The number of halogens is 2. The highest BCUT2D eigenvalue weighted by molar-refractivity contribution is 8.04. The molecule has 0 saturated heterocycles. The summed E-state index contributed by atoms with van der Waals surface area (Å²) < 4.78 is 13.7. The standard InChI is InChI=1S/C17H12ClFN2OS/c1-11-6-8-12(9-7-11)23-16(18)15(10-20)21-17(22)13-4-2-3-5-14(13)19/h2-9H,1H3,(H,21,22)/b16-15+. The van der Waals surface area contributed by atoms with Crippen molar-refractivity contribution in [2.24, 2.45) is 0 Å². The van der Waals surface area contributed by atoms with Crippen LogP contribution in [0.1, 0.15) is 15.9 Å². The van der Waals surface area contributed by atoms with E-state index in [0.717, 1.165) is 22.2 Å². The monoisotopic (exact) mass is 346 g/mol. The van der Waals surface area contributed by atoms with E-state index in [1.54, 1.807) is 0 Å². The number of nitriles is 1. The molecule has 1 N–H and O–H groups in total. The van der Waals surface area contributed by atoms with Gasteiger partial charge in [0.25, 0.3) is 5.91 Å². The largest absolute Gasteiger partial charge is 0.311 e. The molecule has 0 radical (unpaired) electrons. The Kier molecular flexibility index (Phi) is 5.80. The highest BCUT2D eigenvalue weighted by Gasteiger charge is 2.15. The van der Waals surface area contributed by atoms with Crippen molar-refractivity contribution in [2.45, 2.75) is 11.8 Å². The second kappa shape index (κ2) is 7.82. The van der Waals surface area contributed by atoms with E-state index in [9.17, 15) is 9.18 Å². The topological polar surface area (TPSA) is 52.9 Å². The average Bonchev–Trinajstić information content (AvgIpc) is 2.54. The SMILES string of the molecule is Cc1ccc(S/C(Cl)=C(\C#N)NC(=O)c2ccccc2F)cc1. The van der Waals surface area contributed by atoms with Crippen molar-refractivity contribution in [1.29, 1.82) is 5.26 Å². The van der Waals surface area contributed by atoms with Gasteiger partial charge in [-0.25, -0.2) is 4.39 Å². The maximum Gasteiger partial charge on any atom is 0.259 e. The zero-order valence-electron chi connectivity index (χ0n) is 12.1. The first-order valence-corrected chi connectivity index (χ1v) is 7.81. The second-order valence-electron chi connectivity index (χ2n) is 4.61. The molecule has 6 heteroatoms. The quantitative estimate of drug-likeness (QED) is 0.650. The summed E-state index contributed by atoms with van der Waals surface area (Å²) in [4.78, 5) is 12.9. The molecular weight excluding hydrogens is 335 g/mol. The average molecular weight is 347 g/mol. The van der Waals surface area contributed by atoms with Gasteiger partial charge < -0.3 is 5.32 Å². The minimum Gasteiger partial charge on any atom is -0.311 e. The van der Waals surface area contributed by atoms with E-state index in [2.05, 4.69) is 5.32 Å². The van der Waals surface area contributed by atoms with Crippen molar-refractivity contribution in [1.82, 2.24) is 5.32 Å². The first kappa shape index (κ1) is 17.1. The summed E-state index contributed by atoms with van der Waals surface area (Å²) in [5.41, 5.74) is 0.832. The molecule has 3 nitrogen and oxygen atoms in total. The zero-order valence-corrected chi connectivity index (χ0v) is 13.7. The summed E-state index contributed by atoms with van der Waals surface area (Å²) in [5, 5.41) is 11.5. The van der Waals surface area contributed by atoms with E-state index < -0.39 is 11.7 Å². The fourth-order valence-corrected chi connectivity index (χ4v) is 2.74. The van der Waals surface area contributed by atoms with Crippen molar-refractivity contribution in [2.75, 3.05) is 0 Å². The Morgan fingerprint density at radius 1 is 1.22 bits per heavy atom. The van der Waals surface area contributed by atoms with Crippen LogP contribution in [0.25, 0.3) is 0 Å². The van der Waals surface area contributed by atoms with Gasteiger partial charge in [-0.2, -0.15) is 5.26 Å². The van der Waals surface area contributed by atoms with Crippen molar-refractivity contribution < 1.29 is 9.18 Å². The van der Waals surface area contributed by atoms with Gasteiger partial charge in [-0.3, -0.25) is 4.79 Å². The molecule has 23 heavy (non-hydrogen) atoms. The van der Waals surface area contributed by atoms with Crippen molar-refractivity contribution >= 4 is 29.3 Å². The number of carbonyl (C=O) groups excluding carboxylic acids is 1. The van der Waals surface area contributed by atoms with Gasteiger partial charge in [0.05, 0.1) is 5.56 Å². The summed E-state index contributed by atoms with van der Waals surface area (Å²) in [6.45, 7) is 1.96. The summed E-state index contributed by atoms with van der Waals surface area (Å²) in [5.74, 6) is -1.38. The third-order valence-electron chi connectivity index (χ3n) is 2.89. The predicted molar refractivity (Wildman–Crippen MR) is 89.4 cm³/mol. The van der Waals surface area contributed by atoms with Crippen LogP contribution >= 0.6 is 23.4 Å². The minimum atomic E-state index is -0.720. The number of thioether (sulfide) groups is 1. The third-order valence-corrected chi connectivity index (χ3v) is 4.21. The molecule has 2 aromatic carbocycles. The van der Waals surface area contributed by atoms with E-state index in [0.29, 0.717) is 0 Å². The fourth-order valence-electron chi connectivity index (χ4n) is 1.71. The molecular formula is C17H12ClFN2OS. The smallest absolute Gasteiger partial charge is 0.259 e. The van der Waals surface area contributed by atoms with Crippen molar-refractivity contribution in [3.63, 3.8) is 0 Å². The lowest BCUT2D eigenvalue weighted by molar-refractivity contribution is 0.0963. The summed E-state index contributed by atoms with van der Waals surface area (Å²) in [6.07, 6.45) is 0. The first-order chi connectivity index (χ1) is 11.0. The second-order valence-corrected chi connectivity index (χ2v) is 6.30. The Hall–Kier alpha value is -2.29. The third kappa shape index (κ3) is 4.59. The molecule has 0 aliphatic rings. The van der Waals surface area contributed by atoms with Gasteiger partial charge in [0.1, 0.15) is 21.9 Å². The van der Waals surface area contributed by atoms with Crippen LogP contribution in [0, 0.1) is 24.1 Å². The first-order valence-electron chi connectivity index (χ1n) is 6.61. The lowest BCUT2D eigenvalue weighted by atomic mass is 10.2. The number of carbonyl (C=O) groups is 1. The van der Waals surface area contributed by atoms with Crippen LogP contribution in [0.2, 0.25) is 0 Å². The number of aryl methyl sites for hydroxylation is 1. The zero-order chi connectivity index (χ0) is 16.8. The molecule has 0 aliphatic heterocycles. The Balaban J connectivity index is 2.18.